The predicted octanol–water partition coefficient (Wildman–Crippen LogP) is 3.52. The summed E-state index contributed by atoms with van der Waals surface area (Å²) >= 11 is 0. The van der Waals surface area contributed by atoms with Gasteiger partial charge >= 0.3 is 0 Å². The number of carbonyl (C=O) groups excluding carboxylic acids is 1. The largest absolute Gasteiger partial charge is 0.486 e. The molecule has 7 nitrogen and oxygen atoms in total. The van der Waals surface area contributed by atoms with Gasteiger partial charge in [0.25, 0.3) is 15.9 Å². The van der Waals surface area contributed by atoms with Crippen LogP contribution in [0.5, 0.6) is 11.5 Å². The Labute approximate surface area is 171 Å². The van der Waals surface area contributed by atoms with E-state index in [1.54, 1.807) is 35.2 Å². The number of nitrogens with zero attached hydrogens (tertiary/aromatic N) is 1. The zero-order valence-corrected chi connectivity index (χ0v) is 17.5. The van der Waals surface area contributed by atoms with Crippen LogP contribution < -0.4 is 14.2 Å². The van der Waals surface area contributed by atoms with E-state index in [1.165, 1.54) is 12.1 Å². The molecule has 0 aromatic heterocycles. The van der Waals surface area contributed by atoms with E-state index in [2.05, 4.69) is 4.72 Å². The molecular weight excluding hydrogens is 392 g/mol. The minimum Gasteiger partial charge on any atom is -0.486 e. The van der Waals surface area contributed by atoms with Crippen molar-refractivity contribution in [1.82, 2.24) is 4.90 Å². The van der Waals surface area contributed by atoms with Crippen LogP contribution in [0.1, 0.15) is 37.0 Å². The summed E-state index contributed by atoms with van der Waals surface area (Å²) in [5, 5.41) is 0. The highest BCUT2D eigenvalue weighted by molar-refractivity contribution is 7.92. The molecule has 0 radical (unpaired) electrons. The van der Waals surface area contributed by atoms with Gasteiger partial charge in [0, 0.05) is 30.4 Å². The number of fused-ring (bicyclic) bond motifs is 1. The van der Waals surface area contributed by atoms with E-state index in [0.29, 0.717) is 49.1 Å². The van der Waals surface area contributed by atoms with Gasteiger partial charge in [-0.3, -0.25) is 9.52 Å². The standard InChI is InChI=1S/C21H26N2O5S/c1-3-10-23(11-4-2)21(24)16-6-5-7-17(14-16)22-29(25,26)18-8-9-19-20(15-18)28-13-12-27-19/h5-9,14-15,22H,3-4,10-13H2,1-2H3. The van der Waals surface area contributed by atoms with Crippen molar-refractivity contribution in [2.45, 2.75) is 31.6 Å². The van der Waals surface area contributed by atoms with Crippen LogP contribution in [-0.2, 0) is 10.0 Å². The molecule has 1 amide bonds. The van der Waals surface area contributed by atoms with E-state index in [0.717, 1.165) is 12.8 Å². The van der Waals surface area contributed by atoms with Gasteiger partial charge in [0.15, 0.2) is 11.5 Å². The van der Waals surface area contributed by atoms with Gasteiger partial charge in [0.05, 0.1) is 4.90 Å². The van der Waals surface area contributed by atoms with Crippen LogP contribution in [-0.4, -0.2) is 45.5 Å². The first-order valence-corrected chi connectivity index (χ1v) is 11.2. The second-order valence-electron chi connectivity index (χ2n) is 6.78. The van der Waals surface area contributed by atoms with E-state index in [-0.39, 0.29) is 10.8 Å². The van der Waals surface area contributed by atoms with Crippen molar-refractivity contribution in [2.75, 3.05) is 31.0 Å². The molecule has 0 bridgehead atoms. The summed E-state index contributed by atoms with van der Waals surface area (Å²) in [6.45, 7) is 6.19. The average Bonchev–Trinajstić information content (AvgIpc) is 2.72. The Bertz CT molecular complexity index is 969. The van der Waals surface area contributed by atoms with Gasteiger partial charge in [-0.05, 0) is 43.2 Å². The van der Waals surface area contributed by atoms with E-state index >= 15 is 0 Å². The number of hydrogen-bond acceptors (Lipinski definition) is 5. The number of carbonyl (C=O) groups is 1. The molecule has 156 valence electrons. The molecule has 1 heterocycles. The van der Waals surface area contributed by atoms with Gasteiger partial charge in [0.1, 0.15) is 13.2 Å². The molecule has 0 aliphatic carbocycles. The predicted molar refractivity (Wildman–Crippen MR) is 111 cm³/mol. The van der Waals surface area contributed by atoms with E-state index in [9.17, 15) is 13.2 Å². The van der Waals surface area contributed by atoms with Crippen molar-refractivity contribution in [3.05, 3.63) is 48.0 Å². The molecule has 2 aromatic rings. The summed E-state index contributed by atoms with van der Waals surface area (Å²) in [5.74, 6) is 0.821. The molecule has 2 aromatic carbocycles. The lowest BCUT2D eigenvalue weighted by atomic mass is 10.1. The van der Waals surface area contributed by atoms with Gasteiger partial charge in [-0.25, -0.2) is 8.42 Å². The number of amides is 1. The van der Waals surface area contributed by atoms with E-state index < -0.39 is 10.0 Å². The molecule has 0 fully saturated rings. The second-order valence-corrected chi connectivity index (χ2v) is 8.47. The monoisotopic (exact) mass is 418 g/mol. The maximum Gasteiger partial charge on any atom is 0.262 e. The summed E-state index contributed by atoms with van der Waals surface area (Å²) in [6, 6.07) is 11.0. The number of anilines is 1. The summed E-state index contributed by atoms with van der Waals surface area (Å²) in [7, 11) is -3.84. The number of benzene rings is 2. The van der Waals surface area contributed by atoms with Gasteiger partial charge in [-0.2, -0.15) is 0 Å². The number of rotatable bonds is 8. The number of hydrogen-bond donors (Lipinski definition) is 1. The van der Waals surface area contributed by atoms with Crippen molar-refractivity contribution in [3.8, 4) is 11.5 Å². The Hall–Kier alpha value is -2.74. The smallest absolute Gasteiger partial charge is 0.262 e. The van der Waals surface area contributed by atoms with Crippen molar-refractivity contribution in [3.63, 3.8) is 0 Å². The Morgan fingerprint density at radius 3 is 2.38 bits per heavy atom. The van der Waals surface area contributed by atoms with Gasteiger partial charge in [-0.15, -0.1) is 0 Å². The van der Waals surface area contributed by atoms with Crippen molar-refractivity contribution in [2.24, 2.45) is 0 Å². The summed E-state index contributed by atoms with van der Waals surface area (Å²) < 4.78 is 39.0. The number of ether oxygens (including phenoxy) is 2. The van der Waals surface area contributed by atoms with Crippen molar-refractivity contribution >= 4 is 21.6 Å². The molecule has 29 heavy (non-hydrogen) atoms. The molecule has 0 unspecified atom stereocenters. The van der Waals surface area contributed by atoms with Crippen LogP contribution in [0, 0.1) is 0 Å². The van der Waals surface area contributed by atoms with Crippen molar-refractivity contribution in [1.29, 1.82) is 0 Å². The third-order valence-corrected chi connectivity index (χ3v) is 5.84. The summed E-state index contributed by atoms with van der Waals surface area (Å²) in [5.41, 5.74) is 0.785. The molecule has 1 aliphatic rings. The first-order chi connectivity index (χ1) is 13.9. The highest BCUT2D eigenvalue weighted by Crippen LogP contribution is 2.32. The fourth-order valence-corrected chi connectivity index (χ4v) is 4.22. The molecule has 0 saturated heterocycles. The summed E-state index contributed by atoms with van der Waals surface area (Å²) in [4.78, 5) is 14.6. The molecule has 0 spiro atoms. The molecule has 0 atom stereocenters. The zero-order valence-electron chi connectivity index (χ0n) is 16.7. The van der Waals surface area contributed by atoms with Crippen molar-refractivity contribution < 1.29 is 22.7 Å². The highest BCUT2D eigenvalue weighted by atomic mass is 32.2. The maximum absolute atomic E-state index is 12.8. The molecule has 1 aliphatic heterocycles. The van der Waals surface area contributed by atoms with Gasteiger partial charge < -0.3 is 14.4 Å². The quantitative estimate of drug-likeness (QED) is 0.709. The van der Waals surface area contributed by atoms with Crippen LogP contribution in [0.3, 0.4) is 0 Å². The molecule has 0 saturated carbocycles. The first kappa shape index (κ1) is 21.0. The molecule has 3 rings (SSSR count). The van der Waals surface area contributed by atoms with Crippen LogP contribution in [0.15, 0.2) is 47.4 Å². The van der Waals surface area contributed by atoms with Gasteiger partial charge in [-0.1, -0.05) is 19.9 Å². The molecule has 8 heteroatoms. The van der Waals surface area contributed by atoms with Crippen LogP contribution in [0.25, 0.3) is 0 Å². The minimum absolute atomic E-state index is 0.0667. The SMILES string of the molecule is CCCN(CCC)C(=O)c1cccc(NS(=O)(=O)c2ccc3c(c2)OCCO3)c1. The van der Waals surface area contributed by atoms with Crippen LogP contribution in [0.4, 0.5) is 5.69 Å². The zero-order chi connectivity index (χ0) is 20.9. The molecule has 1 N–H and O–H groups in total. The third-order valence-electron chi connectivity index (χ3n) is 4.46. The third kappa shape index (κ3) is 5.00. The van der Waals surface area contributed by atoms with E-state index in [4.69, 9.17) is 9.47 Å². The minimum atomic E-state index is -3.84. The lowest BCUT2D eigenvalue weighted by Gasteiger charge is -2.22. The normalized spacial score (nSPS) is 13.0. The lowest BCUT2D eigenvalue weighted by Crippen LogP contribution is -2.32. The fourth-order valence-electron chi connectivity index (χ4n) is 3.16. The Kier molecular flexibility index (Phi) is 6.64. The average molecular weight is 419 g/mol. The number of sulfonamides is 1. The van der Waals surface area contributed by atoms with Crippen LogP contribution in [0.2, 0.25) is 0 Å². The topological polar surface area (TPSA) is 84.9 Å². The second kappa shape index (κ2) is 9.17. The van der Waals surface area contributed by atoms with E-state index in [1.807, 2.05) is 13.8 Å². The Morgan fingerprint density at radius 2 is 1.69 bits per heavy atom. The Morgan fingerprint density at radius 1 is 1.00 bits per heavy atom. The highest BCUT2D eigenvalue weighted by Gasteiger charge is 2.20. The van der Waals surface area contributed by atoms with Gasteiger partial charge in [0.2, 0.25) is 0 Å². The fraction of sp³-hybridized carbons (Fsp3) is 0.381. The molecular formula is C21H26N2O5S. The Balaban J connectivity index is 1.81. The first-order valence-electron chi connectivity index (χ1n) is 9.76. The summed E-state index contributed by atoms with van der Waals surface area (Å²) in [6.07, 6.45) is 1.73. The maximum atomic E-state index is 12.8. The number of nitrogens with one attached hydrogen (secondary N) is 1. The van der Waals surface area contributed by atoms with Crippen LogP contribution >= 0.6 is 0 Å². The lowest BCUT2D eigenvalue weighted by molar-refractivity contribution is 0.0755.